The predicted molar refractivity (Wildman–Crippen MR) is 86.1 cm³/mol. The van der Waals surface area contributed by atoms with E-state index >= 15 is 0 Å². The summed E-state index contributed by atoms with van der Waals surface area (Å²) in [6.45, 7) is 1.86. The van der Waals surface area contributed by atoms with E-state index in [1.54, 1.807) is 25.3 Å². The van der Waals surface area contributed by atoms with E-state index in [2.05, 4.69) is 10.1 Å². The highest BCUT2D eigenvalue weighted by Crippen LogP contribution is 2.39. The van der Waals surface area contributed by atoms with Crippen molar-refractivity contribution in [1.29, 1.82) is 0 Å². The average molecular weight is 332 g/mol. The summed E-state index contributed by atoms with van der Waals surface area (Å²) in [6.07, 6.45) is 2.09. The van der Waals surface area contributed by atoms with Gasteiger partial charge in [0.1, 0.15) is 5.69 Å². The quantitative estimate of drug-likeness (QED) is 0.736. The summed E-state index contributed by atoms with van der Waals surface area (Å²) >= 11 is 6.01. The molecule has 0 radical (unpaired) electrons. The average Bonchev–Trinajstić information content (AvgIpc) is 3.27. The van der Waals surface area contributed by atoms with E-state index in [4.69, 9.17) is 20.8 Å². The number of nitrogens with zero attached hydrogens (tertiary/aromatic N) is 3. The van der Waals surface area contributed by atoms with Crippen LogP contribution in [0.5, 0.6) is 5.88 Å². The molecule has 0 amide bonds. The van der Waals surface area contributed by atoms with Gasteiger partial charge in [0.25, 0.3) is 0 Å². The molecule has 6 nitrogen and oxygen atoms in total. The van der Waals surface area contributed by atoms with Crippen molar-refractivity contribution >= 4 is 22.5 Å². The van der Waals surface area contributed by atoms with E-state index in [1.807, 2.05) is 11.6 Å². The topological polar surface area (TPSA) is 70.2 Å². The number of hydrogen-bond acceptors (Lipinski definition) is 5. The third-order valence-electron chi connectivity index (χ3n) is 3.92. The van der Waals surface area contributed by atoms with Crippen molar-refractivity contribution in [3.63, 3.8) is 0 Å². The molecule has 118 valence electrons. The molecule has 0 atom stereocenters. The Morgan fingerprint density at radius 1 is 1.35 bits per heavy atom. The zero-order valence-corrected chi connectivity index (χ0v) is 13.4. The molecule has 1 aliphatic rings. The van der Waals surface area contributed by atoms with Crippen molar-refractivity contribution < 1.29 is 9.15 Å². The number of fused-ring (bicyclic) bond motifs is 1. The number of benzene rings is 1. The van der Waals surface area contributed by atoms with Crippen molar-refractivity contribution in [1.82, 2.24) is 14.8 Å². The second kappa shape index (κ2) is 5.09. The van der Waals surface area contributed by atoms with Crippen LogP contribution < -0.4 is 10.4 Å². The van der Waals surface area contributed by atoms with Gasteiger partial charge in [0.05, 0.1) is 24.1 Å². The van der Waals surface area contributed by atoms with Gasteiger partial charge in [0.15, 0.2) is 0 Å². The minimum absolute atomic E-state index is 0.246. The fourth-order valence-corrected chi connectivity index (χ4v) is 2.92. The van der Waals surface area contributed by atoms with Crippen LogP contribution in [0.25, 0.3) is 22.5 Å². The Morgan fingerprint density at radius 2 is 2.13 bits per heavy atom. The van der Waals surface area contributed by atoms with Gasteiger partial charge in [0.2, 0.25) is 11.8 Å². The number of ether oxygens (including phenoxy) is 1. The van der Waals surface area contributed by atoms with Crippen molar-refractivity contribution in [2.24, 2.45) is 0 Å². The maximum absolute atomic E-state index is 12.3. The van der Waals surface area contributed by atoms with Crippen molar-refractivity contribution in [2.45, 2.75) is 25.8 Å². The Labute approximate surface area is 136 Å². The van der Waals surface area contributed by atoms with E-state index in [1.165, 1.54) is 0 Å². The summed E-state index contributed by atoms with van der Waals surface area (Å²) in [6, 6.07) is 5.40. The predicted octanol–water partition coefficient (Wildman–Crippen LogP) is 3.36. The van der Waals surface area contributed by atoms with Crippen molar-refractivity contribution in [3.05, 3.63) is 39.2 Å². The largest absolute Gasteiger partial charge is 0.480 e. The van der Waals surface area contributed by atoms with Crippen LogP contribution in [0.15, 0.2) is 27.4 Å². The number of aromatic nitrogens is 3. The van der Waals surface area contributed by atoms with Crippen molar-refractivity contribution in [2.75, 3.05) is 7.11 Å². The smallest absolute Gasteiger partial charge is 0.347 e. The molecule has 23 heavy (non-hydrogen) atoms. The van der Waals surface area contributed by atoms with E-state index in [0.29, 0.717) is 33.5 Å². The first kappa shape index (κ1) is 14.3. The van der Waals surface area contributed by atoms with Crippen LogP contribution in [0.1, 0.15) is 24.4 Å². The molecule has 0 unspecified atom stereocenters. The molecule has 4 rings (SSSR count). The van der Waals surface area contributed by atoms with Gasteiger partial charge in [-0.1, -0.05) is 11.6 Å². The maximum Gasteiger partial charge on any atom is 0.347 e. The Morgan fingerprint density at radius 3 is 2.83 bits per heavy atom. The highest BCUT2D eigenvalue weighted by molar-refractivity contribution is 6.31. The van der Waals surface area contributed by atoms with E-state index < -0.39 is 5.63 Å². The van der Waals surface area contributed by atoms with Gasteiger partial charge in [-0.05, 0) is 37.5 Å². The molecule has 0 aliphatic heterocycles. The fraction of sp³-hybridized carbons (Fsp3) is 0.312. The van der Waals surface area contributed by atoms with Crippen LogP contribution in [0.4, 0.5) is 0 Å². The summed E-state index contributed by atoms with van der Waals surface area (Å²) in [7, 11) is 1.56. The Bertz CT molecular complexity index is 973. The lowest BCUT2D eigenvalue weighted by atomic mass is 10.1. The summed E-state index contributed by atoms with van der Waals surface area (Å²) in [5, 5.41) is 5.25. The summed E-state index contributed by atoms with van der Waals surface area (Å²) in [4.78, 5) is 16.8. The molecule has 0 saturated heterocycles. The number of methoxy groups -OCH3 is 1. The van der Waals surface area contributed by atoms with E-state index in [9.17, 15) is 4.79 Å². The highest BCUT2D eigenvalue weighted by atomic mass is 35.5. The normalized spacial score (nSPS) is 14.4. The van der Waals surface area contributed by atoms with Gasteiger partial charge in [0, 0.05) is 11.1 Å². The molecular formula is C16H14ClN3O3. The molecule has 1 aliphatic carbocycles. The first-order chi connectivity index (χ1) is 11.1. The van der Waals surface area contributed by atoms with Gasteiger partial charge in [-0.2, -0.15) is 0 Å². The monoisotopic (exact) mass is 331 g/mol. The molecule has 0 spiro atoms. The van der Waals surface area contributed by atoms with E-state index in [-0.39, 0.29) is 5.89 Å². The molecule has 2 heterocycles. The molecule has 1 fully saturated rings. The lowest BCUT2D eigenvalue weighted by Crippen LogP contribution is -2.07. The SMILES string of the molecule is COc1cc(-c2nc3c(C)cc(Cl)cc3c(=O)o2)n(C2CC2)n1. The van der Waals surface area contributed by atoms with Crippen LogP contribution in [-0.4, -0.2) is 21.9 Å². The van der Waals surface area contributed by atoms with Gasteiger partial charge in [-0.3, -0.25) is 4.68 Å². The molecule has 0 bridgehead atoms. The third kappa shape index (κ3) is 2.39. The molecular weight excluding hydrogens is 318 g/mol. The Kier molecular flexibility index (Phi) is 3.16. The van der Waals surface area contributed by atoms with E-state index in [0.717, 1.165) is 18.4 Å². The summed E-state index contributed by atoms with van der Waals surface area (Å²) in [5.41, 5.74) is 1.60. The number of hydrogen-bond donors (Lipinski definition) is 0. The molecule has 1 aromatic carbocycles. The molecule has 7 heteroatoms. The number of halogens is 1. The first-order valence-electron chi connectivity index (χ1n) is 7.31. The highest BCUT2D eigenvalue weighted by Gasteiger charge is 2.29. The zero-order chi connectivity index (χ0) is 16.1. The molecule has 1 saturated carbocycles. The van der Waals surface area contributed by atoms with Gasteiger partial charge >= 0.3 is 5.63 Å². The van der Waals surface area contributed by atoms with Gasteiger partial charge in [-0.25, -0.2) is 9.78 Å². The molecule has 3 aromatic rings. The second-order valence-electron chi connectivity index (χ2n) is 5.67. The van der Waals surface area contributed by atoms with Crippen LogP contribution in [-0.2, 0) is 0 Å². The zero-order valence-electron chi connectivity index (χ0n) is 12.7. The summed E-state index contributed by atoms with van der Waals surface area (Å²) < 4.78 is 12.4. The second-order valence-corrected chi connectivity index (χ2v) is 6.11. The van der Waals surface area contributed by atoms with Gasteiger partial charge in [-0.15, -0.1) is 5.10 Å². The van der Waals surface area contributed by atoms with Crippen molar-refractivity contribution in [3.8, 4) is 17.5 Å². The number of rotatable bonds is 3. The van der Waals surface area contributed by atoms with Crippen LogP contribution in [0.3, 0.4) is 0 Å². The summed E-state index contributed by atoms with van der Waals surface area (Å²) in [5.74, 6) is 0.722. The first-order valence-corrected chi connectivity index (χ1v) is 7.69. The molecule has 2 aromatic heterocycles. The van der Waals surface area contributed by atoms with Crippen LogP contribution >= 0.6 is 11.6 Å². The fourth-order valence-electron chi connectivity index (χ4n) is 2.65. The minimum Gasteiger partial charge on any atom is -0.480 e. The van der Waals surface area contributed by atoms with Crippen LogP contribution in [0, 0.1) is 6.92 Å². The Balaban J connectivity index is 1.96. The number of aryl methyl sites for hydroxylation is 1. The lowest BCUT2D eigenvalue weighted by Gasteiger charge is -2.06. The Hall–Kier alpha value is -2.34. The minimum atomic E-state index is -0.460. The van der Waals surface area contributed by atoms with Crippen LogP contribution in [0.2, 0.25) is 5.02 Å². The lowest BCUT2D eigenvalue weighted by molar-refractivity contribution is 0.388. The van der Waals surface area contributed by atoms with Gasteiger partial charge < -0.3 is 9.15 Å². The molecule has 0 N–H and O–H groups in total. The maximum atomic E-state index is 12.3. The third-order valence-corrected chi connectivity index (χ3v) is 4.14. The standard InChI is InChI=1S/C16H14ClN3O3/c1-8-5-9(17)6-11-14(8)18-15(23-16(11)21)12-7-13(22-2)19-20(12)10-3-4-10/h5-7,10H,3-4H2,1-2H3.